The molecule has 1 fully saturated rings. The number of rotatable bonds is 4. The highest BCUT2D eigenvalue weighted by molar-refractivity contribution is 6.30. The van der Waals surface area contributed by atoms with Crippen LogP contribution in [0.3, 0.4) is 0 Å². The Morgan fingerprint density at radius 1 is 1.19 bits per heavy atom. The second kappa shape index (κ2) is 9.08. The number of halogens is 1. The molecule has 1 N–H and O–H groups in total. The largest absolute Gasteiger partial charge is 0.337 e. The molecule has 32 heavy (non-hydrogen) atoms. The van der Waals surface area contributed by atoms with Crippen LogP contribution >= 0.6 is 11.6 Å². The maximum Gasteiger partial charge on any atom is 0.239 e. The Morgan fingerprint density at radius 3 is 2.75 bits per heavy atom. The molecule has 0 radical (unpaired) electrons. The molecular formula is C26H29ClN4O. The van der Waals surface area contributed by atoms with Gasteiger partial charge in [0.25, 0.3) is 0 Å². The van der Waals surface area contributed by atoms with Crippen LogP contribution in [0.5, 0.6) is 0 Å². The number of aromatic nitrogens is 2. The first-order chi connectivity index (χ1) is 15.6. The number of carbonyl (C=O) groups excluding carboxylic acids is 1. The third-order valence-corrected chi connectivity index (χ3v) is 7.10. The van der Waals surface area contributed by atoms with Crippen molar-refractivity contribution in [2.24, 2.45) is 0 Å². The van der Waals surface area contributed by atoms with Crippen LogP contribution in [0, 0.1) is 0 Å². The highest BCUT2D eigenvalue weighted by Crippen LogP contribution is 2.29. The molecule has 0 saturated carbocycles. The number of hydrogen-bond donors (Lipinski definition) is 1. The van der Waals surface area contributed by atoms with Crippen molar-refractivity contribution in [2.45, 2.75) is 44.7 Å². The van der Waals surface area contributed by atoms with E-state index in [9.17, 15) is 4.79 Å². The Hall–Kier alpha value is -2.63. The number of nitrogens with one attached hydrogen (secondary N) is 1. The van der Waals surface area contributed by atoms with Gasteiger partial charge in [0.15, 0.2) is 0 Å². The molecule has 5 nitrogen and oxygen atoms in total. The molecule has 0 aliphatic carbocycles. The van der Waals surface area contributed by atoms with Crippen molar-refractivity contribution in [3.8, 4) is 0 Å². The molecule has 2 aliphatic rings. The van der Waals surface area contributed by atoms with E-state index in [0.29, 0.717) is 6.54 Å². The maximum atomic E-state index is 12.8. The smallest absolute Gasteiger partial charge is 0.239 e. The van der Waals surface area contributed by atoms with Gasteiger partial charge < -0.3 is 14.8 Å². The summed E-state index contributed by atoms with van der Waals surface area (Å²) in [4.78, 5) is 19.4. The predicted octanol–water partition coefficient (Wildman–Crippen LogP) is 5.06. The lowest BCUT2D eigenvalue weighted by atomic mass is 9.97. The second-order valence-corrected chi connectivity index (χ2v) is 9.29. The molecule has 1 unspecified atom stereocenters. The van der Waals surface area contributed by atoms with Crippen molar-refractivity contribution in [1.29, 1.82) is 0 Å². The quantitative estimate of drug-likeness (QED) is 0.607. The standard InChI is InChI=1S/C26H29ClN4O/c1-18(19-5-8-22(27)9-6-19)31-17-29-23-10-7-21(16-25(23)31)20-11-14-30(15-12-20)26(32)24-4-2-3-13-28-24/h5-11,16-18,24,28H,2-4,12-15H2,1H3/t18?,24-/m1/s1. The van der Waals surface area contributed by atoms with E-state index in [4.69, 9.17) is 11.6 Å². The lowest BCUT2D eigenvalue weighted by Crippen LogP contribution is -2.49. The molecule has 6 heteroatoms. The first-order valence-electron chi connectivity index (χ1n) is 11.5. The molecule has 1 amide bonds. The first-order valence-corrected chi connectivity index (χ1v) is 11.9. The molecular weight excluding hydrogens is 420 g/mol. The number of amides is 1. The highest BCUT2D eigenvalue weighted by Gasteiger charge is 2.27. The molecule has 0 spiro atoms. The van der Waals surface area contributed by atoms with E-state index in [1.807, 2.05) is 23.4 Å². The molecule has 1 saturated heterocycles. The molecule has 3 aromatic rings. The van der Waals surface area contributed by atoms with Crippen LogP contribution in [0.15, 0.2) is 54.9 Å². The van der Waals surface area contributed by atoms with Crippen molar-refractivity contribution in [2.75, 3.05) is 19.6 Å². The summed E-state index contributed by atoms with van der Waals surface area (Å²) in [6, 6.07) is 14.6. The Bertz CT molecular complexity index is 1140. The van der Waals surface area contributed by atoms with Gasteiger partial charge in [-0.3, -0.25) is 4.79 Å². The highest BCUT2D eigenvalue weighted by atomic mass is 35.5. The normalized spacial score (nSPS) is 20.2. The van der Waals surface area contributed by atoms with Gasteiger partial charge in [0, 0.05) is 18.1 Å². The number of piperidine rings is 1. The van der Waals surface area contributed by atoms with Gasteiger partial charge in [-0.05, 0) is 73.7 Å². The van der Waals surface area contributed by atoms with Crippen LogP contribution < -0.4 is 5.32 Å². The average Bonchev–Trinajstić information content (AvgIpc) is 3.27. The summed E-state index contributed by atoms with van der Waals surface area (Å²) in [6.45, 7) is 4.60. The molecule has 2 aliphatic heterocycles. The Balaban J connectivity index is 1.36. The third kappa shape index (κ3) is 4.19. The third-order valence-electron chi connectivity index (χ3n) is 6.84. The van der Waals surface area contributed by atoms with Crippen molar-refractivity contribution in [1.82, 2.24) is 19.8 Å². The zero-order chi connectivity index (χ0) is 22.1. The van der Waals surface area contributed by atoms with Gasteiger partial charge in [-0.2, -0.15) is 0 Å². The van der Waals surface area contributed by atoms with Gasteiger partial charge in [-0.25, -0.2) is 4.98 Å². The van der Waals surface area contributed by atoms with E-state index in [2.05, 4.69) is 58.2 Å². The number of fused-ring (bicyclic) bond motifs is 1. The van der Waals surface area contributed by atoms with Gasteiger partial charge in [0.2, 0.25) is 5.91 Å². The summed E-state index contributed by atoms with van der Waals surface area (Å²) in [5.74, 6) is 0.255. The van der Waals surface area contributed by atoms with Gasteiger partial charge in [0.05, 0.1) is 29.4 Å². The van der Waals surface area contributed by atoms with Gasteiger partial charge in [0.1, 0.15) is 0 Å². The van der Waals surface area contributed by atoms with E-state index >= 15 is 0 Å². The van der Waals surface area contributed by atoms with E-state index in [-0.39, 0.29) is 18.0 Å². The van der Waals surface area contributed by atoms with Crippen LogP contribution in [0.1, 0.15) is 49.8 Å². The minimum atomic E-state index is -0.00115. The monoisotopic (exact) mass is 448 g/mol. The molecule has 2 aromatic carbocycles. The lowest BCUT2D eigenvalue weighted by molar-refractivity contribution is -0.133. The second-order valence-electron chi connectivity index (χ2n) is 8.85. The van der Waals surface area contributed by atoms with Crippen molar-refractivity contribution in [3.05, 3.63) is 71.0 Å². The minimum Gasteiger partial charge on any atom is -0.337 e. The first kappa shape index (κ1) is 21.2. The summed E-state index contributed by atoms with van der Waals surface area (Å²) in [5.41, 5.74) is 5.83. The maximum absolute atomic E-state index is 12.8. The Labute approximate surface area is 194 Å². The molecule has 5 rings (SSSR count). The van der Waals surface area contributed by atoms with Crippen LogP contribution in [0.4, 0.5) is 0 Å². The summed E-state index contributed by atoms with van der Waals surface area (Å²) in [7, 11) is 0. The lowest BCUT2D eigenvalue weighted by Gasteiger charge is -2.32. The van der Waals surface area contributed by atoms with Crippen LogP contribution in [0.25, 0.3) is 16.6 Å². The summed E-state index contributed by atoms with van der Waals surface area (Å²) in [5, 5.41) is 4.13. The van der Waals surface area contributed by atoms with E-state index in [1.54, 1.807) is 0 Å². The van der Waals surface area contributed by atoms with E-state index in [0.717, 1.165) is 48.4 Å². The van der Waals surface area contributed by atoms with Crippen molar-refractivity contribution in [3.63, 3.8) is 0 Å². The van der Waals surface area contributed by atoms with Gasteiger partial charge >= 0.3 is 0 Å². The fourth-order valence-corrected chi connectivity index (χ4v) is 4.98. The molecule has 1 aromatic heterocycles. The fraction of sp³-hybridized carbons (Fsp3) is 0.385. The number of nitrogens with zero attached hydrogens (tertiary/aromatic N) is 3. The molecule has 2 atom stereocenters. The number of hydrogen-bond acceptors (Lipinski definition) is 3. The summed E-state index contributed by atoms with van der Waals surface area (Å²) >= 11 is 6.06. The zero-order valence-electron chi connectivity index (χ0n) is 18.4. The molecule has 3 heterocycles. The minimum absolute atomic E-state index is 0.00115. The Kier molecular flexibility index (Phi) is 6.03. The van der Waals surface area contributed by atoms with Gasteiger partial charge in [-0.1, -0.05) is 42.3 Å². The van der Waals surface area contributed by atoms with Crippen LogP contribution in [-0.2, 0) is 4.79 Å². The van der Waals surface area contributed by atoms with E-state index < -0.39 is 0 Å². The van der Waals surface area contributed by atoms with Gasteiger partial charge in [-0.15, -0.1) is 0 Å². The topological polar surface area (TPSA) is 50.2 Å². The SMILES string of the molecule is CC(c1ccc(Cl)cc1)n1cnc2ccc(C3=CCN(C(=O)[C@H]4CCCCN4)CC3)cc21. The van der Waals surface area contributed by atoms with Crippen LogP contribution in [0.2, 0.25) is 5.02 Å². The summed E-state index contributed by atoms with van der Waals surface area (Å²) < 4.78 is 2.22. The number of benzene rings is 2. The Morgan fingerprint density at radius 2 is 2.03 bits per heavy atom. The number of imidazole rings is 1. The zero-order valence-corrected chi connectivity index (χ0v) is 19.2. The summed E-state index contributed by atoms with van der Waals surface area (Å²) in [6.07, 6.45) is 8.28. The fourth-order valence-electron chi connectivity index (χ4n) is 4.85. The molecule has 0 bridgehead atoms. The van der Waals surface area contributed by atoms with Crippen molar-refractivity contribution < 1.29 is 4.79 Å². The van der Waals surface area contributed by atoms with Crippen molar-refractivity contribution >= 4 is 34.1 Å². The molecule has 166 valence electrons. The van der Waals surface area contributed by atoms with Crippen LogP contribution in [-0.4, -0.2) is 46.0 Å². The average molecular weight is 449 g/mol. The predicted molar refractivity (Wildman–Crippen MR) is 130 cm³/mol. The number of carbonyl (C=O) groups is 1. The van der Waals surface area contributed by atoms with E-state index in [1.165, 1.54) is 23.1 Å².